The van der Waals surface area contributed by atoms with E-state index in [1.165, 1.54) is 0 Å². The van der Waals surface area contributed by atoms with Gasteiger partial charge in [0, 0.05) is 26.1 Å². The molecule has 2 atom stereocenters. The van der Waals surface area contributed by atoms with E-state index in [0.717, 1.165) is 19.3 Å². The largest absolute Gasteiger partial charge is 0.481 e. The van der Waals surface area contributed by atoms with Crippen molar-refractivity contribution in [3.63, 3.8) is 0 Å². The van der Waals surface area contributed by atoms with Crippen molar-refractivity contribution in [2.75, 3.05) is 19.7 Å². The van der Waals surface area contributed by atoms with E-state index in [0.29, 0.717) is 19.7 Å². The maximum atomic E-state index is 11.9. The Bertz CT molecular complexity index is 286. The summed E-state index contributed by atoms with van der Waals surface area (Å²) in [7, 11) is 0. The van der Waals surface area contributed by atoms with Crippen molar-refractivity contribution < 1.29 is 19.4 Å². The molecule has 16 heavy (non-hydrogen) atoms. The molecule has 0 spiro atoms. The van der Waals surface area contributed by atoms with E-state index in [1.54, 1.807) is 4.90 Å². The molecule has 2 aliphatic heterocycles. The van der Waals surface area contributed by atoms with Crippen LogP contribution in [0.25, 0.3) is 0 Å². The summed E-state index contributed by atoms with van der Waals surface area (Å²) in [4.78, 5) is 24.2. The number of rotatable bonds is 3. The standard InChI is InChI=1S/C11H17NO4/c13-10(14)6-8-3-4-12(7-8)11(15)9-2-1-5-16-9/h8-9H,1-7H2,(H,13,14)/t8?,9-/m1/s1. The SMILES string of the molecule is O=C(O)CC1CCN(C(=O)[C@H]2CCCO2)C1. The lowest BCUT2D eigenvalue weighted by atomic mass is 10.1. The van der Waals surface area contributed by atoms with E-state index >= 15 is 0 Å². The van der Waals surface area contributed by atoms with Crippen LogP contribution in [0.1, 0.15) is 25.7 Å². The van der Waals surface area contributed by atoms with Crippen LogP contribution in [0.3, 0.4) is 0 Å². The van der Waals surface area contributed by atoms with Crippen LogP contribution in [0, 0.1) is 5.92 Å². The van der Waals surface area contributed by atoms with E-state index in [2.05, 4.69) is 0 Å². The van der Waals surface area contributed by atoms with Crippen molar-refractivity contribution in [3.8, 4) is 0 Å². The third-order valence-electron chi connectivity index (χ3n) is 3.27. The molecule has 0 aromatic heterocycles. The summed E-state index contributed by atoms with van der Waals surface area (Å²) in [6, 6.07) is 0. The second-order valence-corrected chi connectivity index (χ2v) is 4.54. The van der Waals surface area contributed by atoms with Crippen LogP contribution in [0.5, 0.6) is 0 Å². The molecule has 1 unspecified atom stereocenters. The monoisotopic (exact) mass is 227 g/mol. The van der Waals surface area contributed by atoms with E-state index in [1.807, 2.05) is 0 Å². The zero-order valence-electron chi connectivity index (χ0n) is 9.22. The first kappa shape index (κ1) is 11.4. The lowest BCUT2D eigenvalue weighted by Crippen LogP contribution is -2.37. The normalized spacial score (nSPS) is 29.6. The highest BCUT2D eigenvalue weighted by molar-refractivity contribution is 5.81. The molecule has 0 saturated carbocycles. The van der Waals surface area contributed by atoms with Gasteiger partial charge in [-0.25, -0.2) is 0 Å². The van der Waals surface area contributed by atoms with Crippen LogP contribution in [-0.2, 0) is 14.3 Å². The first-order chi connectivity index (χ1) is 7.66. The maximum Gasteiger partial charge on any atom is 0.303 e. The molecule has 0 radical (unpaired) electrons. The Morgan fingerprint density at radius 1 is 1.38 bits per heavy atom. The minimum Gasteiger partial charge on any atom is -0.481 e. The number of carboxylic acid groups (broad SMARTS) is 1. The van der Waals surface area contributed by atoms with E-state index < -0.39 is 5.97 Å². The first-order valence-corrected chi connectivity index (χ1v) is 5.79. The number of amides is 1. The van der Waals surface area contributed by atoms with Crippen LogP contribution < -0.4 is 0 Å². The van der Waals surface area contributed by atoms with Crippen molar-refractivity contribution >= 4 is 11.9 Å². The Balaban J connectivity index is 1.83. The van der Waals surface area contributed by atoms with Crippen LogP contribution in [0.2, 0.25) is 0 Å². The zero-order chi connectivity index (χ0) is 11.5. The molecule has 5 nitrogen and oxygen atoms in total. The van der Waals surface area contributed by atoms with Crippen molar-refractivity contribution in [2.45, 2.75) is 31.8 Å². The summed E-state index contributed by atoms with van der Waals surface area (Å²) < 4.78 is 5.34. The fourth-order valence-electron chi connectivity index (χ4n) is 2.42. The number of nitrogens with zero attached hydrogens (tertiary/aromatic N) is 1. The van der Waals surface area contributed by atoms with Crippen LogP contribution in [0.4, 0.5) is 0 Å². The molecule has 0 aromatic rings. The fraction of sp³-hybridized carbons (Fsp3) is 0.818. The molecule has 2 fully saturated rings. The van der Waals surface area contributed by atoms with Gasteiger partial charge in [0.05, 0.1) is 0 Å². The topological polar surface area (TPSA) is 66.8 Å². The third kappa shape index (κ3) is 2.52. The number of aliphatic carboxylic acids is 1. The smallest absolute Gasteiger partial charge is 0.303 e. The summed E-state index contributed by atoms with van der Waals surface area (Å²) in [6.45, 7) is 1.92. The Hall–Kier alpha value is -1.10. The van der Waals surface area contributed by atoms with Crippen LogP contribution >= 0.6 is 0 Å². The van der Waals surface area contributed by atoms with Gasteiger partial charge in [-0.1, -0.05) is 0 Å². The van der Waals surface area contributed by atoms with Crippen LogP contribution in [-0.4, -0.2) is 47.7 Å². The Labute approximate surface area is 94.4 Å². The number of likely N-dealkylation sites (tertiary alicyclic amines) is 1. The number of hydrogen-bond donors (Lipinski definition) is 1. The molecule has 90 valence electrons. The predicted molar refractivity (Wildman–Crippen MR) is 55.9 cm³/mol. The highest BCUT2D eigenvalue weighted by Crippen LogP contribution is 2.23. The van der Waals surface area contributed by atoms with Gasteiger partial charge >= 0.3 is 5.97 Å². The summed E-state index contributed by atoms with van der Waals surface area (Å²) in [5, 5.41) is 8.68. The zero-order valence-corrected chi connectivity index (χ0v) is 9.22. The highest BCUT2D eigenvalue weighted by atomic mass is 16.5. The Morgan fingerprint density at radius 3 is 2.81 bits per heavy atom. The van der Waals surface area contributed by atoms with Gasteiger partial charge in [-0.2, -0.15) is 0 Å². The van der Waals surface area contributed by atoms with E-state index in [-0.39, 0.29) is 24.3 Å². The van der Waals surface area contributed by atoms with Gasteiger partial charge in [0.25, 0.3) is 5.91 Å². The van der Waals surface area contributed by atoms with Gasteiger partial charge in [0.15, 0.2) is 0 Å². The van der Waals surface area contributed by atoms with Gasteiger partial charge in [-0.05, 0) is 25.2 Å². The quantitative estimate of drug-likeness (QED) is 0.762. The molecule has 0 bridgehead atoms. The molecule has 2 rings (SSSR count). The second kappa shape index (κ2) is 4.82. The molecule has 5 heteroatoms. The maximum absolute atomic E-state index is 11.9. The molecule has 0 aromatic carbocycles. The Morgan fingerprint density at radius 2 is 2.19 bits per heavy atom. The molecule has 0 aliphatic carbocycles. The number of ether oxygens (including phenoxy) is 1. The molecule has 1 amide bonds. The summed E-state index contributed by atoms with van der Waals surface area (Å²) in [5.74, 6) is -0.621. The second-order valence-electron chi connectivity index (χ2n) is 4.54. The number of carbonyl (C=O) groups is 2. The third-order valence-corrected chi connectivity index (χ3v) is 3.27. The number of hydrogen-bond acceptors (Lipinski definition) is 3. The van der Waals surface area contributed by atoms with Crippen molar-refractivity contribution in [2.24, 2.45) is 5.92 Å². The predicted octanol–water partition coefficient (Wildman–Crippen LogP) is 0.489. The van der Waals surface area contributed by atoms with Crippen LogP contribution in [0.15, 0.2) is 0 Å². The summed E-state index contributed by atoms with van der Waals surface area (Å²) in [5.41, 5.74) is 0. The average Bonchev–Trinajstić information content (AvgIpc) is 2.84. The van der Waals surface area contributed by atoms with Crippen molar-refractivity contribution in [1.82, 2.24) is 4.90 Å². The lowest BCUT2D eigenvalue weighted by molar-refractivity contribution is -0.141. The minimum atomic E-state index is -0.781. The number of carbonyl (C=O) groups excluding carboxylic acids is 1. The van der Waals surface area contributed by atoms with Gasteiger partial charge in [-0.3, -0.25) is 9.59 Å². The van der Waals surface area contributed by atoms with Gasteiger partial charge in [0.2, 0.25) is 0 Å². The molecule has 2 saturated heterocycles. The van der Waals surface area contributed by atoms with Crippen molar-refractivity contribution in [1.29, 1.82) is 0 Å². The summed E-state index contributed by atoms with van der Waals surface area (Å²) in [6.07, 6.45) is 2.44. The van der Waals surface area contributed by atoms with Gasteiger partial charge in [0.1, 0.15) is 6.10 Å². The minimum absolute atomic E-state index is 0.0467. The molecular formula is C11H17NO4. The fourth-order valence-corrected chi connectivity index (χ4v) is 2.42. The molecule has 2 heterocycles. The number of carboxylic acids is 1. The van der Waals surface area contributed by atoms with Gasteiger partial charge < -0.3 is 14.7 Å². The molecule has 2 aliphatic rings. The van der Waals surface area contributed by atoms with Gasteiger partial charge in [-0.15, -0.1) is 0 Å². The Kier molecular flexibility index (Phi) is 3.43. The molecular weight excluding hydrogens is 210 g/mol. The lowest BCUT2D eigenvalue weighted by Gasteiger charge is -2.19. The summed E-state index contributed by atoms with van der Waals surface area (Å²) >= 11 is 0. The van der Waals surface area contributed by atoms with E-state index in [9.17, 15) is 9.59 Å². The first-order valence-electron chi connectivity index (χ1n) is 5.79. The highest BCUT2D eigenvalue weighted by Gasteiger charge is 2.33. The molecule has 1 N–H and O–H groups in total. The van der Waals surface area contributed by atoms with E-state index in [4.69, 9.17) is 9.84 Å². The van der Waals surface area contributed by atoms with Crippen molar-refractivity contribution in [3.05, 3.63) is 0 Å². The average molecular weight is 227 g/mol.